The highest BCUT2D eigenvalue weighted by Crippen LogP contribution is 2.31. The number of aliphatic hydroxyl groups is 1. The Labute approximate surface area is 128 Å². The Kier molecular flexibility index (Phi) is 6.07. The summed E-state index contributed by atoms with van der Waals surface area (Å²) in [6.45, 7) is 4.69. The highest BCUT2D eigenvalue weighted by Gasteiger charge is 2.24. The molecule has 1 aromatic carbocycles. The number of aliphatic hydroxyl groups excluding tert-OH is 1. The van der Waals surface area contributed by atoms with Crippen LogP contribution >= 0.6 is 0 Å². The summed E-state index contributed by atoms with van der Waals surface area (Å²) in [5.74, 6) is 1.49. The molecule has 0 aromatic heterocycles. The predicted molar refractivity (Wildman–Crippen MR) is 86.7 cm³/mol. The average Bonchev–Trinajstić information content (AvgIpc) is 2.53. The lowest BCUT2D eigenvalue weighted by Crippen LogP contribution is -2.36. The molecule has 21 heavy (non-hydrogen) atoms. The van der Waals surface area contributed by atoms with Crippen molar-refractivity contribution in [3.63, 3.8) is 0 Å². The number of methoxy groups -OCH3 is 1. The van der Waals surface area contributed by atoms with Gasteiger partial charge < -0.3 is 15.2 Å². The van der Waals surface area contributed by atoms with Gasteiger partial charge in [-0.15, -0.1) is 0 Å². The van der Waals surface area contributed by atoms with Gasteiger partial charge in [-0.05, 0) is 51.0 Å². The van der Waals surface area contributed by atoms with E-state index in [-0.39, 0.29) is 0 Å². The summed E-state index contributed by atoms with van der Waals surface area (Å²) in [5, 5.41) is 13.1. The summed E-state index contributed by atoms with van der Waals surface area (Å²) in [4.78, 5) is 0. The number of nitrogens with one attached hydrogen (secondary N) is 1. The van der Waals surface area contributed by atoms with E-state index in [1.165, 1.54) is 11.1 Å². The van der Waals surface area contributed by atoms with Crippen molar-refractivity contribution in [2.45, 2.75) is 58.0 Å². The molecule has 2 rings (SSSR count). The van der Waals surface area contributed by atoms with Gasteiger partial charge in [0, 0.05) is 24.3 Å². The number of rotatable bonds is 6. The van der Waals surface area contributed by atoms with Crippen LogP contribution in [0.3, 0.4) is 0 Å². The van der Waals surface area contributed by atoms with Gasteiger partial charge in [-0.25, -0.2) is 0 Å². The highest BCUT2D eigenvalue weighted by molar-refractivity contribution is 5.39. The van der Waals surface area contributed by atoms with Crippen LogP contribution in [0.25, 0.3) is 0 Å². The van der Waals surface area contributed by atoms with Crippen molar-refractivity contribution in [3.05, 3.63) is 29.3 Å². The molecule has 0 bridgehead atoms. The van der Waals surface area contributed by atoms with Gasteiger partial charge in [0.15, 0.2) is 0 Å². The lowest BCUT2D eigenvalue weighted by atomic mass is 9.86. The monoisotopic (exact) mass is 291 g/mol. The SMILES string of the molecule is CCC(NC1CCC(CO)CC1)c1cc(C)ccc1OC. The summed E-state index contributed by atoms with van der Waals surface area (Å²) >= 11 is 0. The molecule has 0 saturated heterocycles. The van der Waals surface area contributed by atoms with Gasteiger partial charge in [-0.1, -0.05) is 24.6 Å². The molecule has 0 heterocycles. The van der Waals surface area contributed by atoms with Crippen molar-refractivity contribution in [2.24, 2.45) is 5.92 Å². The standard InChI is InChI=1S/C18H29NO2/c1-4-17(16-11-13(2)5-10-18(16)21-3)19-15-8-6-14(12-20)7-9-15/h5,10-11,14-15,17,19-20H,4,6-9,12H2,1-3H3. The van der Waals surface area contributed by atoms with Gasteiger partial charge in [0.1, 0.15) is 5.75 Å². The van der Waals surface area contributed by atoms with Crippen LogP contribution in [-0.2, 0) is 0 Å². The predicted octanol–water partition coefficient (Wildman–Crippen LogP) is 3.60. The van der Waals surface area contributed by atoms with E-state index in [0.29, 0.717) is 24.6 Å². The van der Waals surface area contributed by atoms with Crippen LogP contribution < -0.4 is 10.1 Å². The zero-order valence-corrected chi connectivity index (χ0v) is 13.6. The molecule has 1 atom stereocenters. The second-order valence-corrected chi connectivity index (χ2v) is 6.27. The van der Waals surface area contributed by atoms with E-state index in [2.05, 4.69) is 37.4 Å². The van der Waals surface area contributed by atoms with Crippen LogP contribution in [0.4, 0.5) is 0 Å². The molecular weight excluding hydrogens is 262 g/mol. The van der Waals surface area contributed by atoms with E-state index in [0.717, 1.165) is 37.9 Å². The molecular formula is C18H29NO2. The summed E-state index contributed by atoms with van der Waals surface area (Å²) < 4.78 is 5.53. The van der Waals surface area contributed by atoms with Crippen molar-refractivity contribution in [1.29, 1.82) is 0 Å². The minimum atomic E-state index is 0.343. The Bertz CT molecular complexity index is 439. The first-order valence-corrected chi connectivity index (χ1v) is 8.19. The van der Waals surface area contributed by atoms with Crippen LogP contribution in [0.1, 0.15) is 56.2 Å². The second-order valence-electron chi connectivity index (χ2n) is 6.27. The normalized spacial score (nSPS) is 23.8. The molecule has 0 aliphatic heterocycles. The van der Waals surface area contributed by atoms with Crippen molar-refractivity contribution < 1.29 is 9.84 Å². The van der Waals surface area contributed by atoms with Crippen LogP contribution in [-0.4, -0.2) is 24.9 Å². The number of hydrogen-bond donors (Lipinski definition) is 2. The third-order valence-corrected chi connectivity index (χ3v) is 4.71. The Morgan fingerprint density at radius 2 is 2.00 bits per heavy atom. The van der Waals surface area contributed by atoms with E-state index >= 15 is 0 Å². The fourth-order valence-electron chi connectivity index (χ4n) is 3.35. The zero-order valence-electron chi connectivity index (χ0n) is 13.6. The molecule has 0 radical (unpaired) electrons. The van der Waals surface area contributed by atoms with Gasteiger partial charge in [-0.3, -0.25) is 0 Å². The second kappa shape index (κ2) is 7.81. The first kappa shape index (κ1) is 16.3. The molecule has 1 fully saturated rings. The summed E-state index contributed by atoms with van der Waals surface area (Å²) in [6, 6.07) is 7.30. The molecule has 1 aliphatic rings. The van der Waals surface area contributed by atoms with E-state index in [4.69, 9.17) is 4.74 Å². The van der Waals surface area contributed by atoms with Crippen LogP contribution in [0.2, 0.25) is 0 Å². The summed E-state index contributed by atoms with van der Waals surface area (Å²) in [5.41, 5.74) is 2.54. The smallest absolute Gasteiger partial charge is 0.123 e. The molecule has 1 unspecified atom stereocenters. The molecule has 0 amide bonds. The van der Waals surface area contributed by atoms with Gasteiger partial charge >= 0.3 is 0 Å². The van der Waals surface area contributed by atoms with Crippen LogP contribution in [0, 0.1) is 12.8 Å². The van der Waals surface area contributed by atoms with E-state index in [1.54, 1.807) is 7.11 Å². The van der Waals surface area contributed by atoms with Gasteiger partial charge in [-0.2, -0.15) is 0 Å². The molecule has 0 spiro atoms. The Morgan fingerprint density at radius 1 is 1.29 bits per heavy atom. The Balaban J connectivity index is 2.05. The Hall–Kier alpha value is -1.06. The molecule has 1 saturated carbocycles. The fraction of sp³-hybridized carbons (Fsp3) is 0.667. The van der Waals surface area contributed by atoms with E-state index in [9.17, 15) is 5.11 Å². The quantitative estimate of drug-likeness (QED) is 0.841. The molecule has 1 aliphatic carbocycles. The average molecular weight is 291 g/mol. The number of ether oxygens (including phenoxy) is 1. The first-order valence-electron chi connectivity index (χ1n) is 8.19. The van der Waals surface area contributed by atoms with Gasteiger partial charge in [0.25, 0.3) is 0 Å². The fourth-order valence-corrected chi connectivity index (χ4v) is 3.35. The minimum absolute atomic E-state index is 0.343. The molecule has 118 valence electrons. The van der Waals surface area contributed by atoms with Crippen LogP contribution in [0.15, 0.2) is 18.2 Å². The molecule has 1 aromatic rings. The Morgan fingerprint density at radius 3 is 2.57 bits per heavy atom. The van der Waals surface area contributed by atoms with Crippen molar-refractivity contribution in [1.82, 2.24) is 5.32 Å². The molecule has 3 heteroatoms. The van der Waals surface area contributed by atoms with Crippen molar-refractivity contribution >= 4 is 0 Å². The van der Waals surface area contributed by atoms with Crippen LogP contribution in [0.5, 0.6) is 5.75 Å². The van der Waals surface area contributed by atoms with Crippen molar-refractivity contribution in [3.8, 4) is 5.75 Å². The third-order valence-electron chi connectivity index (χ3n) is 4.71. The molecule has 2 N–H and O–H groups in total. The maximum absolute atomic E-state index is 9.25. The first-order chi connectivity index (χ1) is 10.2. The lowest BCUT2D eigenvalue weighted by molar-refractivity contribution is 0.171. The largest absolute Gasteiger partial charge is 0.496 e. The number of aryl methyl sites for hydroxylation is 1. The topological polar surface area (TPSA) is 41.5 Å². The van der Waals surface area contributed by atoms with E-state index < -0.39 is 0 Å². The summed E-state index contributed by atoms with van der Waals surface area (Å²) in [7, 11) is 1.74. The maximum atomic E-state index is 9.25. The van der Waals surface area contributed by atoms with Gasteiger partial charge in [0.05, 0.1) is 7.11 Å². The number of hydrogen-bond acceptors (Lipinski definition) is 3. The molecule has 3 nitrogen and oxygen atoms in total. The minimum Gasteiger partial charge on any atom is -0.496 e. The van der Waals surface area contributed by atoms with Crippen molar-refractivity contribution in [2.75, 3.05) is 13.7 Å². The zero-order chi connectivity index (χ0) is 15.2. The third kappa shape index (κ3) is 4.21. The van der Waals surface area contributed by atoms with E-state index in [1.807, 2.05) is 0 Å². The number of benzene rings is 1. The highest BCUT2D eigenvalue weighted by atomic mass is 16.5. The summed E-state index contributed by atoms with van der Waals surface area (Å²) in [6.07, 6.45) is 5.65. The maximum Gasteiger partial charge on any atom is 0.123 e. The van der Waals surface area contributed by atoms with Gasteiger partial charge in [0.2, 0.25) is 0 Å². The lowest BCUT2D eigenvalue weighted by Gasteiger charge is -2.32.